The highest BCUT2D eigenvalue weighted by molar-refractivity contribution is 5.67. The van der Waals surface area contributed by atoms with E-state index in [9.17, 15) is 19.1 Å². The first-order chi connectivity index (χ1) is 16.4. The first-order valence-electron chi connectivity index (χ1n) is 12.6. The lowest BCUT2D eigenvalue weighted by molar-refractivity contribution is -0.139. The van der Waals surface area contributed by atoms with E-state index in [4.69, 9.17) is 0 Å². The van der Waals surface area contributed by atoms with Gasteiger partial charge in [-0.3, -0.25) is 14.5 Å². The lowest BCUT2D eigenvalue weighted by Crippen LogP contribution is -2.48. The van der Waals surface area contributed by atoms with Gasteiger partial charge in [0.25, 0.3) is 5.56 Å². The van der Waals surface area contributed by atoms with Crippen LogP contribution in [0.2, 0.25) is 0 Å². The highest BCUT2D eigenvalue weighted by Crippen LogP contribution is 2.36. The summed E-state index contributed by atoms with van der Waals surface area (Å²) in [6, 6.07) is 12.3. The number of aliphatic carboxylic acids is 1. The largest absolute Gasteiger partial charge is 0.481 e. The fourth-order valence-electron chi connectivity index (χ4n) is 6.49. The number of hydrogen-bond acceptors (Lipinski definition) is 4. The molecule has 1 N–H and O–H groups in total. The highest BCUT2D eigenvalue weighted by atomic mass is 19.1. The molecule has 2 saturated heterocycles. The number of carboxylic acid groups (broad SMARTS) is 1. The van der Waals surface area contributed by atoms with Gasteiger partial charge in [-0.05, 0) is 73.9 Å². The van der Waals surface area contributed by atoms with Crippen LogP contribution in [0.4, 0.5) is 4.39 Å². The van der Waals surface area contributed by atoms with Gasteiger partial charge in [0.15, 0.2) is 0 Å². The molecule has 0 spiro atoms. The summed E-state index contributed by atoms with van der Waals surface area (Å²) in [4.78, 5) is 28.7. The summed E-state index contributed by atoms with van der Waals surface area (Å²) in [5, 5.41) is 9.46. The summed E-state index contributed by atoms with van der Waals surface area (Å²) in [7, 11) is 0. The maximum absolute atomic E-state index is 13.3. The van der Waals surface area contributed by atoms with E-state index in [2.05, 4.69) is 15.9 Å². The fraction of sp³-hybridized carbons (Fsp3) is 0.556. The number of fused-ring (bicyclic) bond motifs is 4. The van der Waals surface area contributed by atoms with Crippen LogP contribution in [0.3, 0.4) is 0 Å². The van der Waals surface area contributed by atoms with E-state index in [0.717, 1.165) is 70.6 Å². The zero-order chi connectivity index (χ0) is 23.7. The Hall–Kier alpha value is -2.51. The Balaban J connectivity index is 1.22. The third-order valence-corrected chi connectivity index (χ3v) is 8.10. The van der Waals surface area contributed by atoms with Crippen molar-refractivity contribution in [3.63, 3.8) is 0 Å². The van der Waals surface area contributed by atoms with E-state index in [1.807, 2.05) is 22.8 Å². The lowest BCUT2D eigenvalue weighted by Gasteiger charge is -2.44. The minimum absolute atomic E-state index is 0.112. The third kappa shape index (κ3) is 5.26. The van der Waals surface area contributed by atoms with E-state index in [1.165, 1.54) is 17.8 Å². The zero-order valence-electron chi connectivity index (χ0n) is 19.6. The van der Waals surface area contributed by atoms with Crippen LogP contribution in [0, 0.1) is 23.6 Å². The molecule has 34 heavy (non-hydrogen) atoms. The predicted molar refractivity (Wildman–Crippen MR) is 128 cm³/mol. The van der Waals surface area contributed by atoms with Crippen molar-refractivity contribution in [2.24, 2.45) is 17.8 Å². The molecule has 2 fully saturated rings. The molecular weight excluding hydrogens is 433 g/mol. The van der Waals surface area contributed by atoms with Gasteiger partial charge in [-0.25, -0.2) is 4.39 Å². The van der Waals surface area contributed by atoms with Crippen LogP contribution in [0.1, 0.15) is 42.9 Å². The second-order valence-corrected chi connectivity index (χ2v) is 10.5. The highest BCUT2D eigenvalue weighted by Gasteiger charge is 2.36. The Morgan fingerprint density at radius 2 is 1.82 bits per heavy atom. The fourth-order valence-corrected chi connectivity index (χ4v) is 6.49. The van der Waals surface area contributed by atoms with Gasteiger partial charge in [0, 0.05) is 56.8 Å². The van der Waals surface area contributed by atoms with Crippen molar-refractivity contribution < 1.29 is 14.3 Å². The third-order valence-electron chi connectivity index (χ3n) is 8.10. The number of likely N-dealkylation sites (tertiary alicyclic amines) is 2. The van der Waals surface area contributed by atoms with Gasteiger partial charge in [-0.1, -0.05) is 18.2 Å². The average molecular weight is 468 g/mol. The van der Waals surface area contributed by atoms with Gasteiger partial charge in [0.1, 0.15) is 5.82 Å². The molecule has 1 aromatic carbocycles. The molecule has 3 aliphatic rings. The molecule has 7 heteroatoms. The first kappa shape index (κ1) is 23.2. The number of nitrogens with zero attached hydrogens (tertiary/aromatic N) is 3. The second kappa shape index (κ2) is 10.0. The molecule has 6 nitrogen and oxygen atoms in total. The lowest BCUT2D eigenvalue weighted by atomic mass is 9.80. The quantitative estimate of drug-likeness (QED) is 0.676. The van der Waals surface area contributed by atoms with Crippen LogP contribution < -0.4 is 5.56 Å². The van der Waals surface area contributed by atoms with Crippen LogP contribution in [-0.2, 0) is 17.9 Å². The van der Waals surface area contributed by atoms with Crippen molar-refractivity contribution in [2.75, 3.05) is 32.7 Å². The van der Waals surface area contributed by atoms with Crippen molar-refractivity contribution in [2.45, 2.75) is 44.7 Å². The topological polar surface area (TPSA) is 65.8 Å². The molecule has 0 aliphatic carbocycles. The molecule has 0 saturated carbocycles. The number of rotatable bonds is 7. The van der Waals surface area contributed by atoms with Crippen LogP contribution in [0.25, 0.3) is 0 Å². The molecule has 5 rings (SSSR count). The van der Waals surface area contributed by atoms with Crippen LogP contribution in [0.15, 0.2) is 47.3 Å². The SMILES string of the molecule is O=C(O)C[C@@H]1CCN(Cc2ccc(F)cc2)C[C@@H]1CCN1C[C@@H]2C[C@H](C1)c1cccc(=O)n1C2. The van der Waals surface area contributed by atoms with Crippen molar-refractivity contribution in [3.8, 4) is 0 Å². The van der Waals surface area contributed by atoms with Gasteiger partial charge in [0.05, 0.1) is 0 Å². The van der Waals surface area contributed by atoms with Crippen molar-refractivity contribution >= 4 is 5.97 Å². The zero-order valence-corrected chi connectivity index (χ0v) is 19.6. The Morgan fingerprint density at radius 3 is 2.62 bits per heavy atom. The Kier molecular flexibility index (Phi) is 6.84. The molecular formula is C27H34FN3O3. The van der Waals surface area contributed by atoms with Crippen molar-refractivity contribution in [1.82, 2.24) is 14.4 Å². The second-order valence-electron chi connectivity index (χ2n) is 10.5. The van der Waals surface area contributed by atoms with Crippen molar-refractivity contribution in [3.05, 3.63) is 69.9 Å². The maximum atomic E-state index is 13.3. The normalized spacial score (nSPS) is 27.3. The molecule has 0 amide bonds. The first-order valence-corrected chi connectivity index (χ1v) is 12.6. The smallest absolute Gasteiger partial charge is 0.303 e. The number of halogens is 1. The van der Waals surface area contributed by atoms with Crippen molar-refractivity contribution in [1.29, 1.82) is 0 Å². The van der Waals surface area contributed by atoms with E-state index in [0.29, 0.717) is 17.8 Å². The van der Waals surface area contributed by atoms with Crippen LogP contribution in [0.5, 0.6) is 0 Å². The molecule has 182 valence electrons. The molecule has 2 aromatic rings. The molecule has 4 atom stereocenters. The number of benzene rings is 1. The number of pyridine rings is 1. The number of hydrogen-bond donors (Lipinski definition) is 1. The molecule has 4 heterocycles. The van der Waals surface area contributed by atoms with E-state index in [-0.39, 0.29) is 23.7 Å². The van der Waals surface area contributed by atoms with Gasteiger partial charge >= 0.3 is 5.97 Å². The van der Waals surface area contributed by atoms with E-state index >= 15 is 0 Å². The summed E-state index contributed by atoms with van der Waals surface area (Å²) in [6.45, 7) is 6.28. The molecule has 3 aliphatic heterocycles. The minimum Gasteiger partial charge on any atom is -0.481 e. The summed E-state index contributed by atoms with van der Waals surface area (Å²) in [5.74, 6) is 0.504. The van der Waals surface area contributed by atoms with Gasteiger partial charge < -0.3 is 14.6 Å². The molecule has 2 bridgehead atoms. The average Bonchev–Trinajstić information content (AvgIpc) is 2.81. The Morgan fingerprint density at radius 1 is 1.00 bits per heavy atom. The van der Waals surface area contributed by atoms with Gasteiger partial charge in [-0.2, -0.15) is 0 Å². The van der Waals surface area contributed by atoms with Gasteiger partial charge in [0.2, 0.25) is 0 Å². The summed E-state index contributed by atoms with van der Waals surface area (Å²) in [6.07, 6.45) is 3.26. The Labute approximate surface area is 200 Å². The van der Waals surface area contributed by atoms with Crippen LogP contribution >= 0.6 is 0 Å². The standard InChI is InChI=1S/C27H34FN3O3/c28-24-6-4-19(5-7-24)14-29-10-8-21(13-27(33)34)22(17-29)9-11-30-15-20-12-23(18-30)25-2-1-3-26(32)31(25)16-20/h1-7,20-23H,8-18H2,(H,33,34)/t20-,21-,22-,23+/m0/s1. The molecule has 0 unspecified atom stereocenters. The van der Waals surface area contributed by atoms with E-state index < -0.39 is 5.97 Å². The predicted octanol–water partition coefficient (Wildman–Crippen LogP) is 3.41. The minimum atomic E-state index is -0.712. The number of carboxylic acids is 1. The molecule has 1 aromatic heterocycles. The number of carbonyl (C=O) groups is 1. The summed E-state index contributed by atoms with van der Waals surface area (Å²) < 4.78 is 15.2. The van der Waals surface area contributed by atoms with Crippen LogP contribution in [-0.4, -0.2) is 58.2 Å². The monoisotopic (exact) mass is 467 g/mol. The maximum Gasteiger partial charge on any atom is 0.303 e. The van der Waals surface area contributed by atoms with E-state index in [1.54, 1.807) is 6.07 Å². The van der Waals surface area contributed by atoms with Gasteiger partial charge in [-0.15, -0.1) is 0 Å². The number of aromatic nitrogens is 1. The number of piperidine rings is 2. The summed E-state index contributed by atoms with van der Waals surface area (Å²) in [5.41, 5.74) is 2.37. The summed E-state index contributed by atoms with van der Waals surface area (Å²) >= 11 is 0. The Bertz CT molecular complexity index is 1070. The molecule has 0 radical (unpaired) electrons.